The molecule has 0 aliphatic rings. The third kappa shape index (κ3) is 5.33. The number of nitrogens with zero attached hydrogens (tertiary/aromatic N) is 2. The first-order valence-corrected chi connectivity index (χ1v) is 8.10. The summed E-state index contributed by atoms with van der Waals surface area (Å²) in [4.78, 5) is 34.1. The van der Waals surface area contributed by atoms with E-state index in [9.17, 15) is 14.4 Å². The van der Waals surface area contributed by atoms with E-state index in [1.165, 1.54) is 10.7 Å². The smallest absolute Gasteiger partial charge is 0.358 e. The third-order valence-electron chi connectivity index (χ3n) is 3.33. The molecule has 9 nitrogen and oxygen atoms in total. The van der Waals surface area contributed by atoms with Crippen molar-refractivity contribution in [1.29, 1.82) is 0 Å². The SMILES string of the molecule is CCOC(=O)c1ccn(-c2ccccc2NC(=O)NCCCC(=O)O)n1. The second-order valence-corrected chi connectivity index (χ2v) is 5.26. The normalized spacial score (nSPS) is 10.2. The molecule has 1 heterocycles. The van der Waals surface area contributed by atoms with E-state index < -0.39 is 18.0 Å². The molecule has 0 atom stereocenters. The minimum Gasteiger partial charge on any atom is -0.481 e. The molecular weight excluding hydrogens is 340 g/mol. The molecule has 26 heavy (non-hydrogen) atoms. The number of carboxylic acids is 1. The number of benzene rings is 1. The van der Waals surface area contributed by atoms with Gasteiger partial charge in [0, 0.05) is 19.2 Å². The van der Waals surface area contributed by atoms with Crippen LogP contribution in [0.1, 0.15) is 30.3 Å². The number of urea groups is 1. The van der Waals surface area contributed by atoms with Gasteiger partial charge >= 0.3 is 18.0 Å². The fourth-order valence-corrected chi connectivity index (χ4v) is 2.16. The lowest BCUT2D eigenvalue weighted by molar-refractivity contribution is -0.137. The van der Waals surface area contributed by atoms with Crippen LogP contribution in [-0.4, -0.2) is 46.0 Å². The highest BCUT2D eigenvalue weighted by atomic mass is 16.5. The Kier molecular flexibility index (Phi) is 6.72. The van der Waals surface area contributed by atoms with E-state index in [1.807, 2.05) is 0 Å². The van der Waals surface area contributed by atoms with Crippen molar-refractivity contribution in [3.63, 3.8) is 0 Å². The number of para-hydroxylation sites is 2. The van der Waals surface area contributed by atoms with Crippen LogP contribution in [0.5, 0.6) is 0 Å². The zero-order valence-corrected chi connectivity index (χ0v) is 14.3. The Morgan fingerprint density at radius 3 is 2.73 bits per heavy atom. The first-order chi connectivity index (χ1) is 12.5. The molecule has 2 aromatic rings. The van der Waals surface area contributed by atoms with Crippen molar-refractivity contribution in [3.8, 4) is 5.69 Å². The summed E-state index contributed by atoms with van der Waals surface area (Å²) in [5.74, 6) is -1.43. The molecule has 1 aromatic heterocycles. The average Bonchev–Trinajstić information content (AvgIpc) is 3.09. The van der Waals surface area contributed by atoms with E-state index in [-0.39, 0.29) is 25.3 Å². The molecule has 0 fully saturated rings. The standard InChI is InChI=1S/C17H20N4O5/c1-2-26-16(24)13-9-11-21(20-13)14-7-4-3-6-12(14)19-17(25)18-10-5-8-15(22)23/h3-4,6-7,9,11H,2,5,8,10H2,1H3,(H,22,23)(H2,18,19,25). The number of carbonyl (C=O) groups is 3. The summed E-state index contributed by atoms with van der Waals surface area (Å²) in [5.41, 5.74) is 1.23. The van der Waals surface area contributed by atoms with E-state index in [4.69, 9.17) is 9.84 Å². The van der Waals surface area contributed by atoms with Crippen molar-refractivity contribution in [2.24, 2.45) is 0 Å². The minimum absolute atomic E-state index is 0.0131. The Hall–Kier alpha value is -3.36. The zero-order valence-electron chi connectivity index (χ0n) is 14.3. The lowest BCUT2D eigenvalue weighted by Gasteiger charge is -2.11. The first-order valence-electron chi connectivity index (χ1n) is 8.10. The van der Waals surface area contributed by atoms with E-state index in [0.717, 1.165) is 0 Å². The highest BCUT2D eigenvalue weighted by Gasteiger charge is 2.13. The molecular formula is C17H20N4O5. The molecule has 0 radical (unpaired) electrons. The van der Waals surface area contributed by atoms with E-state index in [0.29, 0.717) is 17.8 Å². The average molecular weight is 360 g/mol. The van der Waals surface area contributed by atoms with Crippen LogP contribution in [0.25, 0.3) is 5.69 Å². The van der Waals surface area contributed by atoms with Gasteiger partial charge in [-0.05, 0) is 31.5 Å². The summed E-state index contributed by atoms with van der Waals surface area (Å²) in [7, 11) is 0. The molecule has 2 amide bonds. The second kappa shape index (κ2) is 9.21. The van der Waals surface area contributed by atoms with Gasteiger partial charge in [0.2, 0.25) is 0 Å². The summed E-state index contributed by atoms with van der Waals surface area (Å²) in [6.07, 6.45) is 1.92. The molecule has 0 spiro atoms. The lowest BCUT2D eigenvalue weighted by Crippen LogP contribution is -2.30. The Morgan fingerprint density at radius 2 is 2.00 bits per heavy atom. The Morgan fingerprint density at radius 1 is 1.23 bits per heavy atom. The number of carboxylic acid groups (broad SMARTS) is 1. The molecule has 2 rings (SSSR count). The predicted octanol–water partition coefficient (Wildman–Crippen LogP) is 2.04. The predicted molar refractivity (Wildman–Crippen MR) is 93.4 cm³/mol. The van der Waals surface area contributed by atoms with Crippen molar-refractivity contribution >= 4 is 23.7 Å². The van der Waals surface area contributed by atoms with Crippen molar-refractivity contribution in [2.75, 3.05) is 18.5 Å². The molecule has 0 bridgehead atoms. The molecule has 0 aliphatic carbocycles. The molecule has 3 N–H and O–H groups in total. The number of esters is 1. The topological polar surface area (TPSA) is 123 Å². The van der Waals surface area contributed by atoms with E-state index in [1.54, 1.807) is 37.4 Å². The lowest BCUT2D eigenvalue weighted by atomic mass is 10.2. The fourth-order valence-electron chi connectivity index (χ4n) is 2.16. The van der Waals surface area contributed by atoms with Crippen molar-refractivity contribution in [2.45, 2.75) is 19.8 Å². The maximum Gasteiger partial charge on any atom is 0.358 e. The molecule has 1 aromatic carbocycles. The minimum atomic E-state index is -0.909. The van der Waals surface area contributed by atoms with Crippen molar-refractivity contribution < 1.29 is 24.2 Å². The van der Waals surface area contributed by atoms with Gasteiger partial charge in [0.25, 0.3) is 0 Å². The van der Waals surface area contributed by atoms with Crippen molar-refractivity contribution in [3.05, 3.63) is 42.2 Å². The fraction of sp³-hybridized carbons (Fsp3) is 0.294. The largest absolute Gasteiger partial charge is 0.481 e. The highest BCUT2D eigenvalue weighted by Crippen LogP contribution is 2.19. The van der Waals surface area contributed by atoms with Gasteiger partial charge in [0.05, 0.1) is 18.0 Å². The number of aromatic nitrogens is 2. The Labute approximate surface area is 150 Å². The Bertz CT molecular complexity index is 787. The van der Waals surface area contributed by atoms with Crippen LogP contribution in [0.3, 0.4) is 0 Å². The van der Waals surface area contributed by atoms with Crippen LogP contribution in [-0.2, 0) is 9.53 Å². The number of aliphatic carboxylic acids is 1. The molecule has 9 heteroatoms. The maximum absolute atomic E-state index is 12.0. The van der Waals surface area contributed by atoms with Crippen LogP contribution in [0.2, 0.25) is 0 Å². The number of hydrogen-bond acceptors (Lipinski definition) is 5. The number of anilines is 1. The monoisotopic (exact) mass is 360 g/mol. The van der Waals surface area contributed by atoms with Crippen LogP contribution in [0.4, 0.5) is 10.5 Å². The molecule has 0 saturated carbocycles. The van der Waals surface area contributed by atoms with Gasteiger partial charge in [-0.1, -0.05) is 12.1 Å². The van der Waals surface area contributed by atoms with Crippen LogP contribution in [0.15, 0.2) is 36.5 Å². The van der Waals surface area contributed by atoms with Gasteiger partial charge in [0.15, 0.2) is 5.69 Å². The summed E-state index contributed by atoms with van der Waals surface area (Å²) >= 11 is 0. The summed E-state index contributed by atoms with van der Waals surface area (Å²) < 4.78 is 6.37. The van der Waals surface area contributed by atoms with Gasteiger partial charge in [-0.3, -0.25) is 4.79 Å². The maximum atomic E-state index is 12.0. The van der Waals surface area contributed by atoms with Crippen LogP contribution in [0, 0.1) is 0 Å². The van der Waals surface area contributed by atoms with Gasteiger partial charge < -0.3 is 20.5 Å². The summed E-state index contributed by atoms with van der Waals surface area (Å²) in [6.45, 7) is 2.21. The number of ether oxygens (including phenoxy) is 1. The number of rotatable bonds is 8. The van der Waals surface area contributed by atoms with Gasteiger partial charge in [0.1, 0.15) is 0 Å². The van der Waals surface area contributed by atoms with E-state index >= 15 is 0 Å². The van der Waals surface area contributed by atoms with Gasteiger partial charge in [-0.2, -0.15) is 5.10 Å². The summed E-state index contributed by atoms with van der Waals surface area (Å²) in [5, 5.41) is 18.0. The number of nitrogens with one attached hydrogen (secondary N) is 2. The van der Waals surface area contributed by atoms with Gasteiger partial charge in [-0.25, -0.2) is 14.3 Å². The summed E-state index contributed by atoms with van der Waals surface area (Å²) in [6, 6.07) is 8.03. The van der Waals surface area contributed by atoms with Gasteiger partial charge in [-0.15, -0.1) is 0 Å². The number of amides is 2. The first kappa shape index (κ1) is 19.0. The van der Waals surface area contributed by atoms with Crippen LogP contribution >= 0.6 is 0 Å². The Balaban J connectivity index is 2.04. The third-order valence-corrected chi connectivity index (χ3v) is 3.33. The molecule has 0 aliphatic heterocycles. The number of carbonyl (C=O) groups excluding carboxylic acids is 2. The number of hydrogen-bond donors (Lipinski definition) is 3. The second-order valence-electron chi connectivity index (χ2n) is 5.26. The quantitative estimate of drug-likeness (QED) is 0.489. The highest BCUT2D eigenvalue weighted by molar-refractivity contribution is 5.91. The van der Waals surface area contributed by atoms with Crippen molar-refractivity contribution in [1.82, 2.24) is 15.1 Å². The molecule has 138 valence electrons. The van der Waals surface area contributed by atoms with Crippen LogP contribution < -0.4 is 10.6 Å². The van der Waals surface area contributed by atoms with E-state index in [2.05, 4.69) is 15.7 Å². The molecule has 0 saturated heterocycles. The molecule has 0 unspecified atom stereocenters. The zero-order chi connectivity index (χ0) is 18.9.